The van der Waals surface area contributed by atoms with Crippen LogP contribution in [0.3, 0.4) is 0 Å². The van der Waals surface area contributed by atoms with Crippen LogP contribution >= 0.6 is 0 Å². The maximum Gasteiger partial charge on any atom is 0.184 e. The Labute approximate surface area is 94.1 Å². The second kappa shape index (κ2) is 5.09. The zero-order valence-electron chi connectivity index (χ0n) is 9.09. The molecule has 4 heteroatoms. The highest BCUT2D eigenvalue weighted by Gasteiger charge is 2.23. The van der Waals surface area contributed by atoms with Crippen molar-refractivity contribution in [2.24, 2.45) is 0 Å². The van der Waals surface area contributed by atoms with Crippen LogP contribution in [0, 0.1) is 0 Å². The van der Waals surface area contributed by atoms with Crippen LogP contribution < -0.4 is 4.74 Å². The summed E-state index contributed by atoms with van der Waals surface area (Å²) in [6.45, 7) is 0.542. The first kappa shape index (κ1) is 11.1. The summed E-state index contributed by atoms with van der Waals surface area (Å²) in [6, 6.07) is 7.42. The van der Waals surface area contributed by atoms with Crippen molar-refractivity contribution in [2.45, 2.75) is 18.8 Å². The largest absolute Gasteiger partial charge is 0.497 e. The third-order valence-electron chi connectivity index (χ3n) is 2.51. The highest BCUT2D eigenvalue weighted by atomic mass is 16.7. The van der Waals surface area contributed by atoms with Crippen molar-refractivity contribution in [3.05, 3.63) is 29.8 Å². The molecule has 2 rings (SSSR count). The van der Waals surface area contributed by atoms with Gasteiger partial charge in [0, 0.05) is 12.0 Å². The molecule has 1 heterocycles. The van der Waals surface area contributed by atoms with Gasteiger partial charge in [-0.05, 0) is 12.1 Å². The van der Waals surface area contributed by atoms with E-state index >= 15 is 0 Å². The van der Waals surface area contributed by atoms with Gasteiger partial charge in [0.25, 0.3) is 0 Å². The van der Waals surface area contributed by atoms with Crippen LogP contribution in [0.2, 0.25) is 0 Å². The van der Waals surface area contributed by atoms with E-state index < -0.39 is 6.29 Å². The molecule has 1 aliphatic heterocycles. The Balaban J connectivity index is 2.07. The fourth-order valence-corrected chi connectivity index (χ4v) is 1.59. The Bertz CT molecular complexity index is 347. The van der Waals surface area contributed by atoms with Gasteiger partial charge in [0.1, 0.15) is 18.1 Å². The van der Waals surface area contributed by atoms with Gasteiger partial charge in [-0.3, -0.25) is 0 Å². The van der Waals surface area contributed by atoms with E-state index in [9.17, 15) is 4.79 Å². The molecule has 16 heavy (non-hydrogen) atoms. The van der Waals surface area contributed by atoms with Crippen LogP contribution in [0.5, 0.6) is 5.75 Å². The first-order valence-electron chi connectivity index (χ1n) is 5.20. The molecule has 0 N–H and O–H groups in total. The van der Waals surface area contributed by atoms with E-state index in [1.165, 1.54) is 0 Å². The van der Waals surface area contributed by atoms with Crippen LogP contribution in [0.4, 0.5) is 0 Å². The number of methoxy groups -OCH3 is 1. The molecule has 4 nitrogen and oxygen atoms in total. The molecule has 1 unspecified atom stereocenters. The van der Waals surface area contributed by atoms with Gasteiger partial charge in [-0.15, -0.1) is 0 Å². The molecule has 0 aromatic heterocycles. The van der Waals surface area contributed by atoms with E-state index in [1.807, 2.05) is 24.3 Å². The lowest BCUT2D eigenvalue weighted by Gasteiger charge is -2.27. The SMILES string of the molecule is COc1ccc(C2OCC[C@@H](C=O)O2)cc1. The number of rotatable bonds is 3. The molecule has 0 aliphatic carbocycles. The second-order valence-corrected chi connectivity index (χ2v) is 3.58. The lowest BCUT2D eigenvalue weighted by Crippen LogP contribution is -2.27. The Morgan fingerprint density at radius 1 is 1.38 bits per heavy atom. The van der Waals surface area contributed by atoms with E-state index in [2.05, 4.69) is 0 Å². The molecule has 2 atom stereocenters. The van der Waals surface area contributed by atoms with Crippen molar-refractivity contribution in [1.82, 2.24) is 0 Å². The van der Waals surface area contributed by atoms with Gasteiger partial charge in [0.2, 0.25) is 0 Å². The van der Waals surface area contributed by atoms with Gasteiger partial charge < -0.3 is 19.0 Å². The molecule has 1 aromatic rings. The first-order chi connectivity index (χ1) is 7.83. The van der Waals surface area contributed by atoms with Gasteiger partial charge >= 0.3 is 0 Å². The van der Waals surface area contributed by atoms with Crippen LogP contribution in [0.15, 0.2) is 24.3 Å². The molecule has 0 radical (unpaired) electrons. The number of carbonyl (C=O) groups excluding carboxylic acids is 1. The highest BCUT2D eigenvalue weighted by Crippen LogP contribution is 2.26. The Morgan fingerprint density at radius 3 is 2.75 bits per heavy atom. The maximum absolute atomic E-state index is 10.6. The van der Waals surface area contributed by atoms with Crippen molar-refractivity contribution in [1.29, 1.82) is 0 Å². The smallest absolute Gasteiger partial charge is 0.184 e. The van der Waals surface area contributed by atoms with Gasteiger partial charge in [0.05, 0.1) is 13.7 Å². The number of aldehydes is 1. The molecule has 0 spiro atoms. The van der Waals surface area contributed by atoms with Crippen molar-refractivity contribution >= 4 is 6.29 Å². The number of hydrogen-bond acceptors (Lipinski definition) is 4. The maximum atomic E-state index is 10.6. The molecule has 0 saturated carbocycles. The van der Waals surface area contributed by atoms with E-state index in [0.717, 1.165) is 17.6 Å². The monoisotopic (exact) mass is 222 g/mol. The van der Waals surface area contributed by atoms with E-state index in [1.54, 1.807) is 7.11 Å². The lowest BCUT2D eigenvalue weighted by molar-refractivity contribution is -0.211. The third-order valence-corrected chi connectivity index (χ3v) is 2.51. The fraction of sp³-hybridized carbons (Fsp3) is 0.417. The molecule has 1 saturated heterocycles. The Morgan fingerprint density at radius 2 is 2.12 bits per heavy atom. The molecule has 0 amide bonds. The molecule has 1 aliphatic rings. The van der Waals surface area contributed by atoms with E-state index in [4.69, 9.17) is 14.2 Å². The average molecular weight is 222 g/mol. The van der Waals surface area contributed by atoms with Gasteiger partial charge in [0.15, 0.2) is 6.29 Å². The predicted octanol–water partition coefficient (Wildman–Crippen LogP) is 1.70. The van der Waals surface area contributed by atoms with Gasteiger partial charge in [-0.1, -0.05) is 12.1 Å². The minimum atomic E-state index is -0.449. The molecular weight excluding hydrogens is 208 g/mol. The lowest BCUT2D eigenvalue weighted by atomic mass is 10.2. The van der Waals surface area contributed by atoms with Gasteiger partial charge in [-0.25, -0.2) is 0 Å². The van der Waals surface area contributed by atoms with Crippen molar-refractivity contribution < 1.29 is 19.0 Å². The van der Waals surface area contributed by atoms with Crippen LogP contribution in [0.25, 0.3) is 0 Å². The number of ether oxygens (including phenoxy) is 3. The average Bonchev–Trinajstić information content (AvgIpc) is 2.39. The summed E-state index contributed by atoms with van der Waals surface area (Å²) >= 11 is 0. The summed E-state index contributed by atoms with van der Waals surface area (Å²) < 4.78 is 16.0. The summed E-state index contributed by atoms with van der Waals surface area (Å²) in [5.41, 5.74) is 0.896. The third kappa shape index (κ3) is 2.40. The van der Waals surface area contributed by atoms with Crippen LogP contribution in [-0.2, 0) is 14.3 Å². The van der Waals surface area contributed by atoms with Crippen LogP contribution in [0.1, 0.15) is 18.3 Å². The zero-order valence-corrected chi connectivity index (χ0v) is 9.09. The highest BCUT2D eigenvalue weighted by molar-refractivity contribution is 5.56. The molecule has 1 aromatic carbocycles. The van der Waals surface area contributed by atoms with Crippen LogP contribution in [-0.4, -0.2) is 26.1 Å². The standard InChI is InChI=1S/C12H14O4/c1-14-10-4-2-9(3-5-10)12-15-7-6-11(8-13)16-12/h2-5,8,11-12H,6-7H2,1H3/t11-,12?/m0/s1. The summed E-state index contributed by atoms with van der Waals surface area (Å²) in [5.74, 6) is 0.784. The topological polar surface area (TPSA) is 44.8 Å². The molecular formula is C12H14O4. The number of hydrogen-bond donors (Lipinski definition) is 0. The quantitative estimate of drug-likeness (QED) is 0.730. The van der Waals surface area contributed by atoms with Crippen molar-refractivity contribution in [2.75, 3.05) is 13.7 Å². The van der Waals surface area contributed by atoms with E-state index in [0.29, 0.717) is 13.0 Å². The summed E-state index contributed by atoms with van der Waals surface area (Å²) in [4.78, 5) is 10.6. The Kier molecular flexibility index (Phi) is 3.54. The van der Waals surface area contributed by atoms with Crippen molar-refractivity contribution in [3.8, 4) is 5.75 Å². The molecule has 86 valence electrons. The predicted molar refractivity (Wildman–Crippen MR) is 57.2 cm³/mol. The zero-order chi connectivity index (χ0) is 11.4. The number of benzene rings is 1. The summed E-state index contributed by atoms with van der Waals surface area (Å²) in [7, 11) is 1.62. The molecule has 1 fully saturated rings. The summed E-state index contributed by atoms with van der Waals surface area (Å²) in [5, 5.41) is 0. The summed E-state index contributed by atoms with van der Waals surface area (Å²) in [6.07, 6.45) is 0.630. The normalized spacial score (nSPS) is 25.1. The van der Waals surface area contributed by atoms with E-state index in [-0.39, 0.29) is 6.10 Å². The minimum absolute atomic E-state index is 0.360. The second-order valence-electron chi connectivity index (χ2n) is 3.58. The molecule has 0 bridgehead atoms. The van der Waals surface area contributed by atoms with Gasteiger partial charge in [-0.2, -0.15) is 0 Å². The Hall–Kier alpha value is -1.39. The van der Waals surface area contributed by atoms with Crippen molar-refractivity contribution in [3.63, 3.8) is 0 Å². The fourth-order valence-electron chi connectivity index (χ4n) is 1.59. The minimum Gasteiger partial charge on any atom is -0.497 e. The first-order valence-corrected chi connectivity index (χ1v) is 5.20. The number of carbonyl (C=O) groups is 1.